The number of carbonyl (C=O) groups excluding carboxylic acids is 1. The predicted octanol–water partition coefficient (Wildman–Crippen LogP) is 2.79. The SMILES string of the molecule is CC(C)OC(=O)c1cc2sccc2[nH]1. The van der Waals surface area contributed by atoms with Crippen LogP contribution in [0.2, 0.25) is 0 Å². The van der Waals surface area contributed by atoms with E-state index in [4.69, 9.17) is 4.74 Å². The van der Waals surface area contributed by atoms with Crippen LogP contribution in [0.15, 0.2) is 17.5 Å². The molecule has 0 aliphatic carbocycles. The average molecular weight is 209 g/mol. The molecule has 4 heteroatoms. The molecule has 2 aromatic heterocycles. The Hall–Kier alpha value is -1.29. The second-order valence-corrected chi connectivity index (χ2v) is 4.28. The minimum absolute atomic E-state index is 0.0798. The first-order valence-corrected chi connectivity index (χ1v) is 5.32. The van der Waals surface area contributed by atoms with Gasteiger partial charge >= 0.3 is 5.97 Å². The van der Waals surface area contributed by atoms with E-state index < -0.39 is 0 Å². The van der Waals surface area contributed by atoms with Crippen LogP contribution < -0.4 is 0 Å². The van der Waals surface area contributed by atoms with E-state index in [9.17, 15) is 4.79 Å². The number of thiophene rings is 1. The summed E-state index contributed by atoms with van der Waals surface area (Å²) in [5, 5.41) is 1.98. The molecule has 0 saturated carbocycles. The molecule has 1 N–H and O–H groups in total. The summed E-state index contributed by atoms with van der Waals surface area (Å²) in [5.41, 5.74) is 1.52. The molecule has 0 unspecified atom stereocenters. The fraction of sp³-hybridized carbons (Fsp3) is 0.300. The first-order valence-electron chi connectivity index (χ1n) is 4.44. The Balaban J connectivity index is 2.26. The molecule has 2 rings (SSSR count). The largest absolute Gasteiger partial charge is 0.458 e. The van der Waals surface area contributed by atoms with Crippen molar-refractivity contribution in [2.75, 3.05) is 0 Å². The van der Waals surface area contributed by atoms with Crippen LogP contribution in [0.3, 0.4) is 0 Å². The molecule has 0 aliphatic heterocycles. The molecule has 0 bridgehead atoms. The monoisotopic (exact) mass is 209 g/mol. The highest BCUT2D eigenvalue weighted by atomic mass is 32.1. The third kappa shape index (κ3) is 1.65. The number of esters is 1. The van der Waals surface area contributed by atoms with Gasteiger partial charge in [-0.2, -0.15) is 0 Å². The second kappa shape index (κ2) is 3.46. The van der Waals surface area contributed by atoms with Gasteiger partial charge in [-0.25, -0.2) is 4.79 Å². The summed E-state index contributed by atoms with van der Waals surface area (Å²) in [6.45, 7) is 3.67. The van der Waals surface area contributed by atoms with Gasteiger partial charge in [0, 0.05) is 0 Å². The molecule has 0 aliphatic rings. The van der Waals surface area contributed by atoms with Crippen LogP contribution in [0.4, 0.5) is 0 Å². The van der Waals surface area contributed by atoms with Gasteiger partial charge in [-0.3, -0.25) is 0 Å². The van der Waals surface area contributed by atoms with Crippen molar-refractivity contribution in [2.24, 2.45) is 0 Å². The first-order chi connectivity index (χ1) is 6.66. The number of aromatic amines is 1. The topological polar surface area (TPSA) is 42.1 Å². The Labute approximate surface area is 85.7 Å². The van der Waals surface area contributed by atoms with Crippen LogP contribution >= 0.6 is 11.3 Å². The van der Waals surface area contributed by atoms with E-state index in [1.54, 1.807) is 11.3 Å². The lowest BCUT2D eigenvalue weighted by atomic mass is 10.4. The molecule has 3 nitrogen and oxygen atoms in total. The fourth-order valence-corrected chi connectivity index (χ4v) is 2.02. The smallest absolute Gasteiger partial charge is 0.355 e. The predicted molar refractivity (Wildman–Crippen MR) is 56.7 cm³/mol. The van der Waals surface area contributed by atoms with E-state index in [-0.39, 0.29) is 12.1 Å². The molecule has 0 atom stereocenters. The number of ether oxygens (including phenoxy) is 1. The molecule has 0 saturated heterocycles. The van der Waals surface area contributed by atoms with Crippen LogP contribution in [0.5, 0.6) is 0 Å². The summed E-state index contributed by atoms with van der Waals surface area (Å²) in [5.74, 6) is -0.289. The maximum Gasteiger partial charge on any atom is 0.355 e. The van der Waals surface area contributed by atoms with Crippen LogP contribution in [-0.2, 0) is 4.74 Å². The van der Waals surface area contributed by atoms with Gasteiger partial charge in [0.25, 0.3) is 0 Å². The van der Waals surface area contributed by atoms with Crippen molar-refractivity contribution < 1.29 is 9.53 Å². The Bertz CT molecular complexity index is 427. The van der Waals surface area contributed by atoms with Gasteiger partial charge in [0.05, 0.1) is 16.3 Å². The average Bonchev–Trinajstić information content (AvgIpc) is 2.58. The quantitative estimate of drug-likeness (QED) is 0.773. The van der Waals surface area contributed by atoms with Crippen molar-refractivity contribution in [2.45, 2.75) is 20.0 Å². The number of hydrogen-bond acceptors (Lipinski definition) is 3. The molecule has 14 heavy (non-hydrogen) atoms. The number of hydrogen-bond donors (Lipinski definition) is 1. The molecule has 74 valence electrons. The summed E-state index contributed by atoms with van der Waals surface area (Å²) in [6.07, 6.45) is -0.0798. The third-order valence-electron chi connectivity index (χ3n) is 1.80. The van der Waals surface area contributed by atoms with Gasteiger partial charge in [-0.05, 0) is 31.4 Å². The molecule has 0 aromatic carbocycles. The number of nitrogens with one attached hydrogen (secondary N) is 1. The lowest BCUT2D eigenvalue weighted by Crippen LogP contribution is -2.11. The standard InChI is InChI=1S/C10H11NO2S/c1-6(2)13-10(12)8-5-9-7(11-8)3-4-14-9/h3-6,11H,1-2H3. The molecular formula is C10H11NO2S. The van der Waals surface area contributed by atoms with Crippen molar-refractivity contribution in [1.82, 2.24) is 4.98 Å². The Morgan fingerprint density at radius 1 is 1.57 bits per heavy atom. The third-order valence-corrected chi connectivity index (χ3v) is 2.67. The number of aromatic nitrogens is 1. The summed E-state index contributed by atoms with van der Waals surface area (Å²) in [7, 11) is 0. The van der Waals surface area contributed by atoms with Gasteiger partial charge in [0.1, 0.15) is 5.69 Å². The fourth-order valence-electron chi connectivity index (χ4n) is 1.24. The van der Waals surface area contributed by atoms with Crippen LogP contribution in [0.25, 0.3) is 10.2 Å². The van der Waals surface area contributed by atoms with Crippen molar-refractivity contribution in [1.29, 1.82) is 0 Å². The molecule has 0 amide bonds. The second-order valence-electron chi connectivity index (χ2n) is 3.34. The number of H-pyrrole nitrogens is 1. The highest BCUT2D eigenvalue weighted by Gasteiger charge is 2.12. The van der Waals surface area contributed by atoms with Crippen molar-refractivity contribution in [3.63, 3.8) is 0 Å². The van der Waals surface area contributed by atoms with E-state index in [0.717, 1.165) is 10.2 Å². The minimum atomic E-state index is -0.289. The zero-order valence-corrected chi connectivity index (χ0v) is 8.85. The van der Waals surface area contributed by atoms with Gasteiger partial charge in [-0.15, -0.1) is 11.3 Å². The zero-order chi connectivity index (χ0) is 10.1. The molecule has 2 heterocycles. The number of rotatable bonds is 2. The van der Waals surface area contributed by atoms with E-state index in [0.29, 0.717) is 5.69 Å². The van der Waals surface area contributed by atoms with Crippen molar-refractivity contribution in [3.05, 3.63) is 23.2 Å². The highest BCUT2D eigenvalue weighted by Crippen LogP contribution is 2.21. The Morgan fingerprint density at radius 2 is 2.36 bits per heavy atom. The normalized spacial score (nSPS) is 11.1. The van der Waals surface area contributed by atoms with E-state index in [1.807, 2.05) is 31.4 Å². The number of fused-ring (bicyclic) bond motifs is 1. The van der Waals surface area contributed by atoms with E-state index in [2.05, 4.69) is 4.98 Å². The zero-order valence-electron chi connectivity index (χ0n) is 8.03. The Morgan fingerprint density at radius 3 is 3.00 bits per heavy atom. The maximum atomic E-state index is 11.5. The van der Waals surface area contributed by atoms with Crippen LogP contribution in [-0.4, -0.2) is 17.1 Å². The van der Waals surface area contributed by atoms with Gasteiger partial charge in [0.15, 0.2) is 0 Å². The van der Waals surface area contributed by atoms with E-state index >= 15 is 0 Å². The summed E-state index contributed by atoms with van der Waals surface area (Å²) in [4.78, 5) is 14.5. The molecular weight excluding hydrogens is 198 g/mol. The minimum Gasteiger partial charge on any atom is -0.458 e. The molecule has 0 spiro atoms. The van der Waals surface area contributed by atoms with Crippen LogP contribution in [0.1, 0.15) is 24.3 Å². The van der Waals surface area contributed by atoms with E-state index in [1.165, 1.54) is 0 Å². The summed E-state index contributed by atoms with van der Waals surface area (Å²) in [6, 6.07) is 3.77. The van der Waals surface area contributed by atoms with Gasteiger partial charge in [0.2, 0.25) is 0 Å². The molecule has 0 radical (unpaired) electrons. The van der Waals surface area contributed by atoms with Gasteiger partial charge < -0.3 is 9.72 Å². The summed E-state index contributed by atoms with van der Waals surface area (Å²) >= 11 is 1.61. The van der Waals surface area contributed by atoms with Gasteiger partial charge in [-0.1, -0.05) is 0 Å². The van der Waals surface area contributed by atoms with Crippen LogP contribution in [0, 0.1) is 0 Å². The lowest BCUT2D eigenvalue weighted by molar-refractivity contribution is 0.0372. The molecule has 0 fully saturated rings. The highest BCUT2D eigenvalue weighted by molar-refractivity contribution is 7.17. The lowest BCUT2D eigenvalue weighted by Gasteiger charge is -2.05. The van der Waals surface area contributed by atoms with Crippen molar-refractivity contribution in [3.8, 4) is 0 Å². The van der Waals surface area contributed by atoms with Crippen molar-refractivity contribution >= 4 is 27.5 Å². The first kappa shape index (κ1) is 9.27. The maximum absolute atomic E-state index is 11.5. The Kier molecular flexibility index (Phi) is 2.29. The summed E-state index contributed by atoms with van der Waals surface area (Å²) < 4.78 is 6.15. The molecule has 2 aromatic rings. The number of carbonyl (C=O) groups is 1.